The van der Waals surface area contributed by atoms with Gasteiger partial charge in [-0.2, -0.15) is 0 Å². The van der Waals surface area contributed by atoms with E-state index in [-0.39, 0.29) is 29.6 Å². The zero-order valence-electron chi connectivity index (χ0n) is 22.8. The Kier molecular flexibility index (Phi) is 7.13. The molecular formula is C29H38N2O7. The third kappa shape index (κ3) is 4.06. The van der Waals surface area contributed by atoms with Crippen molar-refractivity contribution in [3.8, 4) is 0 Å². The summed E-state index contributed by atoms with van der Waals surface area (Å²) in [4.78, 5) is 33.3. The summed E-state index contributed by atoms with van der Waals surface area (Å²) in [6.07, 6.45) is 4.97. The monoisotopic (exact) mass is 526 g/mol. The first-order chi connectivity index (χ1) is 18.1. The fraction of sp³-hybridized carbons (Fsp3) is 0.621. The van der Waals surface area contributed by atoms with E-state index in [9.17, 15) is 14.7 Å². The van der Waals surface area contributed by atoms with Gasteiger partial charge in [0.05, 0.1) is 11.8 Å². The minimum atomic E-state index is -0.893. The summed E-state index contributed by atoms with van der Waals surface area (Å²) in [7, 11) is 3.18. The summed E-state index contributed by atoms with van der Waals surface area (Å²) < 4.78 is 24.5. The van der Waals surface area contributed by atoms with E-state index in [4.69, 9.17) is 18.9 Å². The second kappa shape index (κ2) is 10.1. The van der Waals surface area contributed by atoms with Crippen LogP contribution in [0.4, 0.5) is 0 Å². The number of aromatic nitrogens is 1. The predicted molar refractivity (Wildman–Crippen MR) is 140 cm³/mol. The van der Waals surface area contributed by atoms with Crippen LogP contribution in [-0.2, 0) is 23.7 Å². The number of carbonyl (C=O) groups is 2. The van der Waals surface area contributed by atoms with Crippen molar-refractivity contribution in [2.45, 2.75) is 70.2 Å². The van der Waals surface area contributed by atoms with Crippen LogP contribution in [0.15, 0.2) is 47.1 Å². The maximum Gasteiger partial charge on any atom is 0.355 e. The molecular weight excluding hydrogens is 488 g/mol. The molecule has 4 bridgehead atoms. The summed E-state index contributed by atoms with van der Waals surface area (Å²) in [5.74, 6) is -2.15. The Labute approximate surface area is 223 Å². The molecule has 2 aliphatic carbocycles. The van der Waals surface area contributed by atoms with Gasteiger partial charge in [0.25, 0.3) is 0 Å². The van der Waals surface area contributed by atoms with Crippen LogP contribution in [0.25, 0.3) is 0 Å². The van der Waals surface area contributed by atoms with Gasteiger partial charge in [0, 0.05) is 49.9 Å². The van der Waals surface area contributed by atoms with Crippen LogP contribution >= 0.6 is 0 Å². The highest BCUT2D eigenvalue weighted by Gasteiger charge is 2.69. The molecule has 0 radical (unpaired) electrons. The zero-order chi connectivity index (χ0) is 27.4. The quantitative estimate of drug-likeness (QED) is 0.351. The van der Waals surface area contributed by atoms with Gasteiger partial charge in [0.1, 0.15) is 29.6 Å². The Morgan fingerprint density at radius 2 is 2.05 bits per heavy atom. The van der Waals surface area contributed by atoms with E-state index in [1.165, 1.54) is 7.11 Å². The predicted octanol–water partition coefficient (Wildman–Crippen LogP) is 3.11. The molecule has 1 aromatic heterocycles. The topological polar surface area (TPSA) is 119 Å². The summed E-state index contributed by atoms with van der Waals surface area (Å²) in [6, 6.07) is 3.40. The van der Waals surface area contributed by atoms with Crippen molar-refractivity contribution in [1.29, 1.82) is 0 Å². The Hall–Kier alpha value is -2.75. The number of methoxy groups -OCH3 is 1. The number of nitrogens with zero attached hydrogens (tertiary/aromatic N) is 1. The number of aromatic amines is 1. The van der Waals surface area contributed by atoms with Crippen molar-refractivity contribution in [3.05, 3.63) is 47.8 Å². The molecule has 1 unspecified atom stereocenters. The number of esters is 2. The molecule has 4 aliphatic rings. The van der Waals surface area contributed by atoms with E-state index in [1.807, 2.05) is 27.7 Å². The second-order valence-corrected chi connectivity index (χ2v) is 11.2. The molecule has 1 spiro atoms. The van der Waals surface area contributed by atoms with E-state index in [2.05, 4.69) is 28.2 Å². The van der Waals surface area contributed by atoms with Gasteiger partial charge in [0.15, 0.2) is 6.10 Å². The van der Waals surface area contributed by atoms with Crippen molar-refractivity contribution in [3.63, 3.8) is 0 Å². The molecule has 2 N–H and O–H groups in total. The van der Waals surface area contributed by atoms with E-state index in [1.54, 1.807) is 25.4 Å². The van der Waals surface area contributed by atoms with Gasteiger partial charge in [-0.25, -0.2) is 9.59 Å². The number of hydrogen-bond donors (Lipinski definition) is 2. The average molecular weight is 527 g/mol. The van der Waals surface area contributed by atoms with Crippen molar-refractivity contribution < 1.29 is 33.6 Å². The van der Waals surface area contributed by atoms with E-state index in [0.29, 0.717) is 17.8 Å². The molecule has 0 amide bonds. The number of aliphatic hydroxyl groups excluding tert-OH is 1. The fourth-order valence-electron chi connectivity index (χ4n) is 7.18. The van der Waals surface area contributed by atoms with Gasteiger partial charge in [-0.05, 0) is 38.0 Å². The first kappa shape index (κ1) is 26.8. The van der Waals surface area contributed by atoms with Gasteiger partial charge < -0.3 is 29.0 Å². The number of aliphatic hydroxyl groups is 1. The number of rotatable bonds is 4. The summed E-state index contributed by atoms with van der Waals surface area (Å²) >= 11 is 0. The number of H-pyrrole nitrogens is 1. The van der Waals surface area contributed by atoms with Gasteiger partial charge in [0.2, 0.25) is 0 Å². The maximum absolute atomic E-state index is 13.2. The molecule has 0 aromatic carbocycles. The van der Waals surface area contributed by atoms with Crippen LogP contribution in [-0.4, -0.2) is 78.0 Å². The van der Waals surface area contributed by atoms with Gasteiger partial charge in [-0.1, -0.05) is 32.1 Å². The molecule has 3 heterocycles. The number of ether oxygens (including phenoxy) is 4. The smallest absolute Gasteiger partial charge is 0.355 e. The molecule has 1 saturated heterocycles. The minimum absolute atomic E-state index is 0.150. The molecule has 2 fully saturated rings. The standard InChI is InChI=1S/C29H38N2O7/c1-14-12-15(2)29-18(13-21(35-6)28(34)36-24(14)17(4)30-5)9-10-19-22(29)23(32)16(3)25(26(19)38-29)37-27(33)20-8-7-11-31-20/h7-12,14,16,18-19,21-26,31-32H,13H2,1-6H3/b15-12+,30-17-/t14-,16-,18?,19-,21+,22+,23-,24+,25-,26-,29+/m1/s1. The van der Waals surface area contributed by atoms with Crippen molar-refractivity contribution in [2.75, 3.05) is 14.2 Å². The molecule has 206 valence electrons. The van der Waals surface area contributed by atoms with Crippen LogP contribution < -0.4 is 0 Å². The number of aliphatic imine (C=N–C) groups is 1. The molecule has 9 nitrogen and oxygen atoms in total. The van der Waals surface area contributed by atoms with Crippen molar-refractivity contribution in [1.82, 2.24) is 4.98 Å². The normalized spacial score (nSPS) is 44.0. The van der Waals surface area contributed by atoms with E-state index in [0.717, 1.165) is 5.57 Å². The Bertz CT molecular complexity index is 1160. The fourth-order valence-corrected chi connectivity index (χ4v) is 7.18. The third-order valence-corrected chi connectivity index (χ3v) is 9.18. The number of carbonyl (C=O) groups excluding carboxylic acids is 2. The van der Waals surface area contributed by atoms with Gasteiger partial charge in [-0.3, -0.25) is 4.99 Å². The van der Waals surface area contributed by atoms with E-state index >= 15 is 0 Å². The lowest BCUT2D eigenvalue weighted by atomic mass is 9.57. The average Bonchev–Trinajstić information content (AvgIpc) is 3.50. The first-order valence-corrected chi connectivity index (χ1v) is 13.4. The molecule has 1 saturated carbocycles. The zero-order valence-corrected chi connectivity index (χ0v) is 22.8. The minimum Gasteiger partial charge on any atom is -0.455 e. The molecule has 5 rings (SSSR count). The highest BCUT2D eigenvalue weighted by molar-refractivity contribution is 5.89. The SMILES string of the molecule is C/N=C(/C)[C@H]1OC(=O)[C@@H](OC)CC2C=C[C@H]3[C@H]4O[C@]2(/C(C)=C/[C@H]1C)[C@@H]3[C@H](O)[C@@H](C)[C@H]4OC(=O)c1ccc[nH]1. The van der Waals surface area contributed by atoms with Gasteiger partial charge in [-0.15, -0.1) is 0 Å². The van der Waals surface area contributed by atoms with Crippen LogP contribution in [0.2, 0.25) is 0 Å². The number of cyclic esters (lactones) is 1. The molecule has 38 heavy (non-hydrogen) atoms. The van der Waals surface area contributed by atoms with Crippen LogP contribution in [0.3, 0.4) is 0 Å². The second-order valence-electron chi connectivity index (χ2n) is 11.2. The summed E-state index contributed by atoms with van der Waals surface area (Å²) in [5.41, 5.74) is 1.12. The highest BCUT2D eigenvalue weighted by atomic mass is 16.6. The van der Waals surface area contributed by atoms with Crippen LogP contribution in [0.5, 0.6) is 0 Å². The lowest BCUT2D eigenvalue weighted by Gasteiger charge is -2.48. The van der Waals surface area contributed by atoms with Crippen molar-refractivity contribution in [2.24, 2.45) is 34.6 Å². The highest BCUT2D eigenvalue weighted by Crippen LogP contribution is 2.61. The molecule has 11 atom stereocenters. The lowest BCUT2D eigenvalue weighted by Crippen LogP contribution is -2.57. The van der Waals surface area contributed by atoms with Crippen molar-refractivity contribution >= 4 is 17.7 Å². The summed E-state index contributed by atoms with van der Waals surface area (Å²) in [5, 5.41) is 11.8. The number of hydrogen-bond acceptors (Lipinski definition) is 8. The van der Waals surface area contributed by atoms with Crippen LogP contribution in [0, 0.1) is 29.6 Å². The molecule has 9 heteroatoms. The third-order valence-electron chi connectivity index (χ3n) is 9.18. The molecule has 1 aromatic rings. The Morgan fingerprint density at radius 1 is 1.29 bits per heavy atom. The Morgan fingerprint density at radius 3 is 2.71 bits per heavy atom. The first-order valence-electron chi connectivity index (χ1n) is 13.4. The van der Waals surface area contributed by atoms with Crippen LogP contribution in [0.1, 0.15) is 44.6 Å². The van der Waals surface area contributed by atoms with E-state index < -0.39 is 48.1 Å². The lowest BCUT2D eigenvalue weighted by molar-refractivity contribution is -0.162. The maximum atomic E-state index is 13.2. The number of nitrogens with one attached hydrogen (secondary N) is 1. The summed E-state index contributed by atoms with van der Waals surface area (Å²) in [6.45, 7) is 7.77. The Balaban J connectivity index is 1.58. The molecule has 2 aliphatic heterocycles. The largest absolute Gasteiger partial charge is 0.455 e. The van der Waals surface area contributed by atoms with Gasteiger partial charge >= 0.3 is 11.9 Å².